The van der Waals surface area contributed by atoms with Gasteiger partial charge in [0.15, 0.2) is 0 Å². The maximum atomic E-state index is 12.3. The largest absolute Gasteiger partial charge is 0.489 e. The summed E-state index contributed by atoms with van der Waals surface area (Å²) < 4.78 is 5.75. The Morgan fingerprint density at radius 2 is 1.70 bits per heavy atom. The van der Waals surface area contributed by atoms with E-state index in [1.165, 1.54) is 6.92 Å². The third kappa shape index (κ3) is 5.58. The Bertz CT molecular complexity index is 753. The van der Waals surface area contributed by atoms with Crippen LogP contribution in [0.5, 0.6) is 5.75 Å². The number of amides is 2. The topological polar surface area (TPSA) is 58.6 Å². The minimum atomic E-state index is -0.171. The van der Waals surface area contributed by atoms with E-state index in [-0.39, 0.29) is 24.4 Å². The van der Waals surface area contributed by atoms with Crippen LogP contribution in [0.25, 0.3) is 0 Å². The maximum absolute atomic E-state index is 12.3. The van der Waals surface area contributed by atoms with Gasteiger partial charge in [0.25, 0.3) is 0 Å². The van der Waals surface area contributed by atoms with Gasteiger partial charge in [-0.3, -0.25) is 9.59 Å². The van der Waals surface area contributed by atoms with Crippen LogP contribution >= 0.6 is 0 Å². The Morgan fingerprint density at radius 3 is 2.33 bits per heavy atom. The van der Waals surface area contributed by atoms with E-state index >= 15 is 0 Å². The smallest absolute Gasteiger partial charge is 0.244 e. The van der Waals surface area contributed by atoms with Crippen LogP contribution in [0.15, 0.2) is 54.6 Å². The highest BCUT2D eigenvalue weighted by Gasteiger charge is 2.26. The zero-order valence-electron chi connectivity index (χ0n) is 15.7. The molecule has 0 aliphatic heterocycles. The standard InChI is InChI=1S/C22H26N2O3/c1-17(25)24(20-9-5-6-10-20)15-22(26)23-19-11-13-21(14-12-19)27-16-18-7-3-2-4-8-18/h2-4,7-8,11-14,20H,5-6,9-10,15-16H2,1H3,(H,23,26). The first-order valence-electron chi connectivity index (χ1n) is 9.45. The fourth-order valence-electron chi connectivity index (χ4n) is 3.44. The lowest BCUT2D eigenvalue weighted by Crippen LogP contribution is -2.42. The average Bonchev–Trinajstić information content (AvgIpc) is 3.20. The highest BCUT2D eigenvalue weighted by Crippen LogP contribution is 2.23. The zero-order chi connectivity index (χ0) is 19.1. The maximum Gasteiger partial charge on any atom is 0.244 e. The van der Waals surface area contributed by atoms with Gasteiger partial charge in [0.05, 0.1) is 0 Å². The molecule has 27 heavy (non-hydrogen) atoms. The summed E-state index contributed by atoms with van der Waals surface area (Å²) in [6, 6.07) is 17.4. The normalized spacial score (nSPS) is 14.0. The van der Waals surface area contributed by atoms with Gasteiger partial charge in [0.2, 0.25) is 11.8 Å². The molecule has 0 spiro atoms. The van der Waals surface area contributed by atoms with Gasteiger partial charge < -0.3 is 15.0 Å². The Balaban J connectivity index is 1.51. The van der Waals surface area contributed by atoms with E-state index in [1.807, 2.05) is 54.6 Å². The molecule has 1 aliphatic rings. The van der Waals surface area contributed by atoms with Crippen LogP contribution in [0.3, 0.4) is 0 Å². The van der Waals surface area contributed by atoms with E-state index in [1.54, 1.807) is 4.90 Å². The minimum Gasteiger partial charge on any atom is -0.489 e. The van der Waals surface area contributed by atoms with Crippen molar-refractivity contribution in [3.8, 4) is 5.75 Å². The Labute approximate surface area is 160 Å². The molecular formula is C22H26N2O3. The lowest BCUT2D eigenvalue weighted by molar-refractivity contribution is -0.135. The molecule has 2 aromatic rings. The van der Waals surface area contributed by atoms with Gasteiger partial charge in [-0.05, 0) is 42.7 Å². The number of rotatable bonds is 7. The predicted molar refractivity (Wildman–Crippen MR) is 105 cm³/mol. The lowest BCUT2D eigenvalue weighted by Gasteiger charge is -2.27. The Hall–Kier alpha value is -2.82. The highest BCUT2D eigenvalue weighted by atomic mass is 16.5. The summed E-state index contributed by atoms with van der Waals surface area (Å²) in [6.45, 7) is 2.14. The predicted octanol–water partition coefficient (Wildman–Crippen LogP) is 4.00. The molecule has 5 heteroatoms. The van der Waals surface area contributed by atoms with Crippen molar-refractivity contribution in [2.24, 2.45) is 0 Å². The lowest BCUT2D eigenvalue weighted by atomic mass is 10.2. The van der Waals surface area contributed by atoms with Crippen LogP contribution in [0.1, 0.15) is 38.2 Å². The minimum absolute atomic E-state index is 0.0401. The number of nitrogens with zero attached hydrogens (tertiary/aromatic N) is 1. The molecule has 2 amide bonds. The van der Waals surface area contributed by atoms with Gasteiger partial charge in [-0.2, -0.15) is 0 Å². The van der Waals surface area contributed by atoms with E-state index < -0.39 is 0 Å². The molecule has 2 aromatic carbocycles. The fourth-order valence-corrected chi connectivity index (χ4v) is 3.44. The molecule has 1 saturated carbocycles. The first kappa shape index (κ1) is 19.0. The first-order valence-corrected chi connectivity index (χ1v) is 9.45. The average molecular weight is 366 g/mol. The van der Waals surface area contributed by atoms with Crippen molar-refractivity contribution in [2.75, 3.05) is 11.9 Å². The molecule has 0 saturated heterocycles. The van der Waals surface area contributed by atoms with Gasteiger partial charge in [-0.15, -0.1) is 0 Å². The molecule has 1 N–H and O–H groups in total. The van der Waals surface area contributed by atoms with Crippen molar-refractivity contribution < 1.29 is 14.3 Å². The van der Waals surface area contributed by atoms with Gasteiger partial charge in [-0.25, -0.2) is 0 Å². The molecule has 1 aliphatic carbocycles. The Morgan fingerprint density at radius 1 is 1.04 bits per heavy atom. The molecule has 0 unspecified atom stereocenters. The zero-order valence-corrected chi connectivity index (χ0v) is 15.7. The molecule has 3 rings (SSSR count). The second-order valence-electron chi connectivity index (χ2n) is 6.93. The third-order valence-corrected chi connectivity index (χ3v) is 4.87. The molecular weight excluding hydrogens is 340 g/mol. The van der Waals surface area contributed by atoms with Crippen LogP contribution in [0.2, 0.25) is 0 Å². The summed E-state index contributed by atoms with van der Waals surface area (Å²) in [5, 5.41) is 2.86. The van der Waals surface area contributed by atoms with E-state index in [0.29, 0.717) is 12.3 Å². The van der Waals surface area contributed by atoms with Crippen molar-refractivity contribution in [2.45, 2.75) is 45.3 Å². The van der Waals surface area contributed by atoms with Crippen molar-refractivity contribution in [3.05, 3.63) is 60.2 Å². The van der Waals surface area contributed by atoms with E-state index in [4.69, 9.17) is 4.74 Å². The van der Waals surface area contributed by atoms with Crippen LogP contribution in [-0.4, -0.2) is 29.3 Å². The van der Waals surface area contributed by atoms with Gasteiger partial charge in [0, 0.05) is 18.7 Å². The molecule has 0 atom stereocenters. The summed E-state index contributed by atoms with van der Waals surface area (Å²) in [4.78, 5) is 25.9. The summed E-state index contributed by atoms with van der Waals surface area (Å²) in [7, 11) is 0. The third-order valence-electron chi connectivity index (χ3n) is 4.87. The molecule has 5 nitrogen and oxygen atoms in total. The van der Waals surface area contributed by atoms with Gasteiger partial charge >= 0.3 is 0 Å². The molecule has 142 valence electrons. The number of ether oxygens (including phenoxy) is 1. The van der Waals surface area contributed by atoms with Crippen LogP contribution in [0.4, 0.5) is 5.69 Å². The second-order valence-corrected chi connectivity index (χ2v) is 6.93. The number of hydrogen-bond acceptors (Lipinski definition) is 3. The number of carbonyl (C=O) groups excluding carboxylic acids is 2. The fraction of sp³-hybridized carbons (Fsp3) is 0.364. The van der Waals surface area contributed by atoms with Crippen LogP contribution in [0, 0.1) is 0 Å². The summed E-state index contributed by atoms with van der Waals surface area (Å²) in [5.74, 6) is 0.532. The van der Waals surface area contributed by atoms with Crippen molar-refractivity contribution in [1.82, 2.24) is 4.90 Å². The highest BCUT2D eigenvalue weighted by molar-refractivity contribution is 5.94. The van der Waals surface area contributed by atoms with Gasteiger partial charge in [0.1, 0.15) is 18.9 Å². The second kappa shape index (κ2) is 9.21. The first-order chi connectivity index (χ1) is 13.1. The molecule has 0 heterocycles. The number of hydrogen-bond donors (Lipinski definition) is 1. The van der Waals surface area contributed by atoms with Gasteiger partial charge in [-0.1, -0.05) is 43.2 Å². The van der Waals surface area contributed by atoms with Crippen LogP contribution < -0.4 is 10.1 Å². The number of carbonyl (C=O) groups is 2. The van der Waals surface area contributed by atoms with Crippen LogP contribution in [-0.2, 0) is 16.2 Å². The quantitative estimate of drug-likeness (QED) is 0.806. The van der Waals surface area contributed by atoms with Crippen molar-refractivity contribution in [3.63, 3.8) is 0 Å². The number of nitrogens with one attached hydrogen (secondary N) is 1. The molecule has 0 bridgehead atoms. The summed E-state index contributed by atoms with van der Waals surface area (Å²) in [6.07, 6.45) is 4.22. The van der Waals surface area contributed by atoms with Crippen molar-refractivity contribution >= 4 is 17.5 Å². The van der Waals surface area contributed by atoms with Crippen molar-refractivity contribution in [1.29, 1.82) is 0 Å². The number of anilines is 1. The SMILES string of the molecule is CC(=O)N(CC(=O)Nc1ccc(OCc2ccccc2)cc1)C1CCCC1. The van der Waals surface area contributed by atoms with E-state index in [9.17, 15) is 9.59 Å². The monoisotopic (exact) mass is 366 g/mol. The van der Waals surface area contributed by atoms with E-state index in [2.05, 4.69) is 5.32 Å². The molecule has 0 aromatic heterocycles. The molecule has 0 radical (unpaired) electrons. The summed E-state index contributed by atoms with van der Waals surface area (Å²) in [5.41, 5.74) is 1.80. The summed E-state index contributed by atoms with van der Waals surface area (Å²) >= 11 is 0. The molecule has 1 fully saturated rings. The Kier molecular flexibility index (Phi) is 6.47. The number of benzene rings is 2. The van der Waals surface area contributed by atoms with E-state index in [0.717, 1.165) is 37.0 Å².